The summed E-state index contributed by atoms with van der Waals surface area (Å²) >= 11 is 0. The predicted octanol–water partition coefficient (Wildman–Crippen LogP) is 2.77. The summed E-state index contributed by atoms with van der Waals surface area (Å²) in [5, 5.41) is 14.1. The molecule has 2 amide bonds. The normalized spacial score (nSPS) is 11.8. The molecule has 0 unspecified atom stereocenters. The van der Waals surface area contributed by atoms with E-state index >= 15 is 0 Å². The Morgan fingerprint density at radius 2 is 1.56 bits per heavy atom. The number of hydrogen-bond acceptors (Lipinski definition) is 10. The second kappa shape index (κ2) is 9.28. The summed E-state index contributed by atoms with van der Waals surface area (Å²) in [7, 11) is 0. The van der Waals surface area contributed by atoms with Crippen LogP contribution in [0.4, 0.5) is 27.3 Å². The van der Waals surface area contributed by atoms with Crippen LogP contribution in [0.25, 0.3) is 21.8 Å². The van der Waals surface area contributed by atoms with Crippen LogP contribution in [-0.2, 0) is 20.7 Å². The lowest BCUT2D eigenvalue weighted by atomic mass is 10.0. The van der Waals surface area contributed by atoms with E-state index in [1.165, 1.54) is 6.07 Å². The average Bonchev–Trinajstić information content (AvgIpc) is 2.65. The van der Waals surface area contributed by atoms with Crippen LogP contribution in [0.3, 0.4) is 0 Å². The molecule has 14 heteroatoms. The van der Waals surface area contributed by atoms with Gasteiger partial charge in [0.2, 0.25) is 11.9 Å². The number of fused-ring (bicyclic) bond motifs is 3. The topological polar surface area (TPSA) is 212 Å². The van der Waals surface area contributed by atoms with Crippen LogP contribution in [0.15, 0.2) is 10.9 Å². The Hall–Kier alpha value is -4.49. The van der Waals surface area contributed by atoms with Gasteiger partial charge in [-0.3, -0.25) is 25.2 Å². The summed E-state index contributed by atoms with van der Waals surface area (Å²) in [5.74, 6) is -1.81. The van der Waals surface area contributed by atoms with Crippen molar-refractivity contribution in [2.24, 2.45) is 0 Å². The Balaban J connectivity index is 2.19. The zero-order valence-corrected chi connectivity index (χ0v) is 20.6. The fourth-order valence-corrected chi connectivity index (χ4v) is 3.20. The van der Waals surface area contributed by atoms with Crippen molar-refractivity contribution < 1.29 is 29.0 Å². The van der Waals surface area contributed by atoms with Gasteiger partial charge < -0.3 is 20.3 Å². The molecule has 3 aromatic rings. The molecule has 0 aliphatic rings. The van der Waals surface area contributed by atoms with Gasteiger partial charge in [0, 0.05) is 5.39 Å². The maximum Gasteiger partial charge on any atom is 0.414 e. The number of nitrogen functional groups attached to an aromatic ring is 1. The predicted molar refractivity (Wildman–Crippen MR) is 131 cm³/mol. The van der Waals surface area contributed by atoms with Gasteiger partial charge >= 0.3 is 18.2 Å². The molecule has 2 aromatic heterocycles. The molecule has 0 aliphatic heterocycles. The first kappa shape index (κ1) is 26.1. The number of nitrogens with one attached hydrogen (secondary N) is 3. The van der Waals surface area contributed by atoms with Crippen molar-refractivity contribution in [1.29, 1.82) is 0 Å². The van der Waals surface area contributed by atoms with Gasteiger partial charge in [-0.05, 0) is 53.2 Å². The maximum atomic E-state index is 13.1. The van der Waals surface area contributed by atoms with Gasteiger partial charge in [0.1, 0.15) is 17.0 Å². The highest BCUT2D eigenvalue weighted by Gasteiger charge is 2.22. The fourth-order valence-electron chi connectivity index (χ4n) is 3.20. The van der Waals surface area contributed by atoms with Crippen LogP contribution in [0.2, 0.25) is 0 Å². The number of aliphatic carboxylic acids is 1. The van der Waals surface area contributed by atoms with Gasteiger partial charge in [-0.1, -0.05) is 0 Å². The smallest absolute Gasteiger partial charge is 0.414 e. The van der Waals surface area contributed by atoms with E-state index < -0.39 is 41.3 Å². The van der Waals surface area contributed by atoms with Crippen LogP contribution < -0.4 is 21.9 Å². The van der Waals surface area contributed by atoms with Crippen LogP contribution in [0.5, 0.6) is 0 Å². The van der Waals surface area contributed by atoms with Crippen LogP contribution in [0.1, 0.15) is 47.1 Å². The first-order valence-corrected chi connectivity index (χ1v) is 10.8. The number of rotatable bonds is 4. The Labute approximate surface area is 204 Å². The highest BCUT2D eigenvalue weighted by atomic mass is 16.6. The standard InChI is InChI=1S/C22H27N7O7/c1-21(2,3)35-19(33)28-17-25-14-10(15(23)26-17)7-9(8-11(30)31)13-12(14)16(32)27-18(24-13)29-20(34)36-22(4,5)6/h7H,8H2,1-6H3,(H,30,31)(H3,23,25,26,28,33)(H2,24,27,29,32,34). The zero-order valence-electron chi connectivity index (χ0n) is 20.6. The number of aromatic nitrogens is 4. The number of amides is 2. The number of nitrogens with two attached hydrogens (primary N) is 1. The summed E-state index contributed by atoms with van der Waals surface area (Å²) < 4.78 is 10.4. The fraction of sp³-hybridized carbons (Fsp3) is 0.409. The molecule has 0 aliphatic carbocycles. The average molecular weight is 502 g/mol. The molecular formula is C22H27N7O7. The summed E-state index contributed by atoms with van der Waals surface area (Å²) in [6, 6.07) is 1.39. The molecule has 0 atom stereocenters. The third-order valence-corrected chi connectivity index (χ3v) is 4.33. The monoisotopic (exact) mass is 501 g/mol. The lowest BCUT2D eigenvalue weighted by Crippen LogP contribution is -2.28. The molecule has 0 spiro atoms. The number of benzene rings is 1. The minimum absolute atomic E-state index is 0.00951. The summed E-state index contributed by atoms with van der Waals surface area (Å²) in [5.41, 5.74) is 3.82. The van der Waals surface area contributed by atoms with E-state index in [2.05, 4.69) is 30.6 Å². The number of nitrogens with zero attached hydrogens (tertiary/aromatic N) is 3. The molecule has 0 fully saturated rings. The highest BCUT2D eigenvalue weighted by molar-refractivity contribution is 6.09. The van der Waals surface area contributed by atoms with Crippen molar-refractivity contribution in [1.82, 2.24) is 19.9 Å². The Bertz CT molecular complexity index is 1440. The molecule has 6 N–H and O–H groups in total. The Kier molecular flexibility index (Phi) is 6.73. The minimum atomic E-state index is -1.19. The summed E-state index contributed by atoms with van der Waals surface area (Å²) in [4.78, 5) is 63.8. The van der Waals surface area contributed by atoms with Crippen LogP contribution in [0, 0.1) is 0 Å². The highest BCUT2D eigenvalue weighted by Crippen LogP contribution is 2.29. The molecule has 14 nitrogen and oxygen atoms in total. The SMILES string of the molecule is CC(C)(C)OC(=O)Nc1nc(N)c2cc(CC(=O)O)c3nc(NC(=O)OC(C)(C)C)[nH]c(=O)c3c2n1. The summed E-state index contributed by atoms with van der Waals surface area (Å²) in [6.45, 7) is 10.0. The molecule has 1 aromatic carbocycles. The van der Waals surface area contributed by atoms with Crippen molar-refractivity contribution >= 4 is 57.7 Å². The number of ether oxygens (including phenoxy) is 2. The van der Waals surface area contributed by atoms with E-state index in [-0.39, 0.29) is 45.1 Å². The summed E-state index contributed by atoms with van der Waals surface area (Å²) in [6.07, 6.45) is -2.23. The van der Waals surface area contributed by atoms with E-state index in [9.17, 15) is 24.3 Å². The molecule has 2 heterocycles. The van der Waals surface area contributed by atoms with Crippen LogP contribution in [-0.4, -0.2) is 54.4 Å². The second-order valence-corrected chi connectivity index (χ2v) is 9.83. The molecule has 0 bridgehead atoms. The molecule has 3 rings (SSSR count). The second-order valence-electron chi connectivity index (χ2n) is 9.83. The van der Waals surface area contributed by atoms with Gasteiger partial charge in [-0.2, -0.15) is 4.98 Å². The van der Waals surface area contributed by atoms with E-state index in [1.54, 1.807) is 41.5 Å². The molecule has 36 heavy (non-hydrogen) atoms. The number of carbonyl (C=O) groups is 3. The minimum Gasteiger partial charge on any atom is -0.481 e. The van der Waals surface area contributed by atoms with Crippen molar-refractivity contribution in [3.63, 3.8) is 0 Å². The van der Waals surface area contributed by atoms with Gasteiger partial charge in [0.05, 0.1) is 22.8 Å². The lowest BCUT2D eigenvalue weighted by Gasteiger charge is -2.19. The maximum absolute atomic E-state index is 13.1. The number of carboxylic acids is 1. The first-order chi connectivity index (χ1) is 16.5. The van der Waals surface area contributed by atoms with Crippen molar-refractivity contribution in [2.45, 2.75) is 59.2 Å². The largest absolute Gasteiger partial charge is 0.481 e. The quantitative estimate of drug-likeness (QED) is 0.328. The van der Waals surface area contributed by atoms with Gasteiger partial charge in [0.25, 0.3) is 5.56 Å². The van der Waals surface area contributed by atoms with Gasteiger partial charge in [-0.25, -0.2) is 19.6 Å². The van der Waals surface area contributed by atoms with Crippen molar-refractivity contribution in [3.8, 4) is 0 Å². The third-order valence-electron chi connectivity index (χ3n) is 4.33. The van der Waals surface area contributed by atoms with E-state index in [4.69, 9.17) is 15.2 Å². The number of hydrogen-bond donors (Lipinski definition) is 5. The molecule has 0 saturated heterocycles. The van der Waals surface area contributed by atoms with E-state index in [1.807, 2.05) is 0 Å². The Morgan fingerprint density at radius 3 is 2.11 bits per heavy atom. The molecular weight excluding hydrogens is 474 g/mol. The van der Waals surface area contributed by atoms with Crippen molar-refractivity contribution in [2.75, 3.05) is 16.4 Å². The molecule has 192 valence electrons. The number of carbonyl (C=O) groups excluding carboxylic acids is 2. The van der Waals surface area contributed by atoms with Gasteiger partial charge in [0.15, 0.2) is 0 Å². The van der Waals surface area contributed by atoms with E-state index in [0.717, 1.165) is 0 Å². The lowest BCUT2D eigenvalue weighted by molar-refractivity contribution is -0.136. The number of aromatic amines is 1. The number of H-pyrrole nitrogens is 1. The molecule has 0 radical (unpaired) electrons. The van der Waals surface area contributed by atoms with Crippen molar-refractivity contribution in [3.05, 3.63) is 22.0 Å². The first-order valence-electron chi connectivity index (χ1n) is 10.8. The zero-order chi connectivity index (χ0) is 27.0. The van der Waals surface area contributed by atoms with E-state index in [0.29, 0.717) is 0 Å². The van der Waals surface area contributed by atoms with Crippen LogP contribution >= 0.6 is 0 Å². The number of carboxylic acid groups (broad SMARTS) is 1. The number of anilines is 3. The Morgan fingerprint density at radius 1 is 0.972 bits per heavy atom. The third kappa shape index (κ3) is 6.34. The van der Waals surface area contributed by atoms with Gasteiger partial charge in [-0.15, -0.1) is 0 Å². The molecule has 0 saturated carbocycles.